The number of aromatic nitrogens is 4. The van der Waals surface area contributed by atoms with E-state index in [1.165, 1.54) is 0 Å². The number of hydrogen-bond donors (Lipinski definition) is 1. The molecule has 1 aliphatic carbocycles. The van der Waals surface area contributed by atoms with Crippen molar-refractivity contribution in [2.24, 2.45) is 5.92 Å². The number of carbonyl (C=O) groups is 2. The Bertz CT molecular complexity index is 873. The summed E-state index contributed by atoms with van der Waals surface area (Å²) in [7, 11) is 3.40. The lowest BCUT2D eigenvalue weighted by Gasteiger charge is -2.44. The summed E-state index contributed by atoms with van der Waals surface area (Å²) in [6, 6.07) is 6.82. The molecule has 29 heavy (non-hydrogen) atoms. The van der Waals surface area contributed by atoms with Crippen LogP contribution in [0, 0.1) is 5.92 Å². The summed E-state index contributed by atoms with van der Waals surface area (Å²) in [6.45, 7) is 4.29. The number of urea groups is 1. The van der Waals surface area contributed by atoms with Gasteiger partial charge in [-0.15, -0.1) is 5.10 Å². The van der Waals surface area contributed by atoms with Gasteiger partial charge < -0.3 is 15.0 Å². The molecule has 9 nitrogen and oxygen atoms in total. The molecule has 1 aromatic carbocycles. The zero-order chi connectivity index (χ0) is 21.0. The highest BCUT2D eigenvalue weighted by Gasteiger charge is 2.46. The van der Waals surface area contributed by atoms with Crippen LogP contribution in [0.3, 0.4) is 0 Å². The van der Waals surface area contributed by atoms with E-state index in [1.807, 2.05) is 6.07 Å². The molecule has 1 N–H and O–H groups in total. The van der Waals surface area contributed by atoms with Gasteiger partial charge in [-0.3, -0.25) is 0 Å². The number of hydrogen-bond acceptors (Lipinski definition) is 6. The third kappa shape index (κ3) is 3.94. The Balaban J connectivity index is 2.06. The van der Waals surface area contributed by atoms with Crippen molar-refractivity contribution in [2.45, 2.75) is 45.1 Å². The van der Waals surface area contributed by atoms with Crippen molar-refractivity contribution in [3.8, 4) is 5.69 Å². The van der Waals surface area contributed by atoms with Gasteiger partial charge in [0.2, 0.25) is 0 Å². The van der Waals surface area contributed by atoms with Crippen molar-refractivity contribution in [1.82, 2.24) is 30.4 Å². The lowest BCUT2D eigenvalue weighted by Crippen LogP contribution is -2.53. The summed E-state index contributed by atoms with van der Waals surface area (Å²) in [5, 5.41) is 15.1. The van der Waals surface area contributed by atoms with Crippen LogP contribution in [0.1, 0.15) is 55.7 Å². The second-order valence-electron chi connectivity index (χ2n) is 7.51. The molecule has 0 atom stereocenters. The summed E-state index contributed by atoms with van der Waals surface area (Å²) in [4.78, 5) is 26.4. The summed E-state index contributed by atoms with van der Waals surface area (Å²) >= 11 is 0. The van der Waals surface area contributed by atoms with Gasteiger partial charge in [-0.25, -0.2) is 9.59 Å². The Kier molecular flexibility index (Phi) is 6.14. The predicted octanol–water partition coefficient (Wildman–Crippen LogP) is 2.52. The molecule has 0 spiro atoms. The molecule has 0 unspecified atom stereocenters. The molecule has 1 aromatic heterocycles. The molecule has 0 bridgehead atoms. The maximum Gasteiger partial charge on any atom is 0.338 e. The molecule has 2 amide bonds. The average molecular weight is 400 g/mol. The number of amides is 2. The first-order valence-corrected chi connectivity index (χ1v) is 9.95. The Labute approximate surface area is 170 Å². The van der Waals surface area contributed by atoms with Crippen LogP contribution in [0.25, 0.3) is 5.69 Å². The molecule has 0 radical (unpaired) electrons. The van der Waals surface area contributed by atoms with Gasteiger partial charge in [-0.1, -0.05) is 13.0 Å². The summed E-state index contributed by atoms with van der Waals surface area (Å²) < 4.78 is 6.72. The molecular formula is C20H28N6O3. The monoisotopic (exact) mass is 400 g/mol. The smallest absolute Gasteiger partial charge is 0.338 e. The normalized spacial score (nSPS) is 21.4. The fraction of sp³-hybridized carbons (Fsp3) is 0.550. The van der Waals surface area contributed by atoms with Crippen LogP contribution < -0.4 is 5.32 Å². The summed E-state index contributed by atoms with van der Waals surface area (Å²) in [5.74, 6) is 0.779. The standard InChI is InChI=1S/C20H28N6O3/c1-5-29-17(27)15-7-6-8-16(13-15)26-18(22-23-24-26)20(25(4)19(28)21-3)11-9-14(2)10-12-20/h6-8,13-14H,5,9-12H2,1-4H3,(H,21,28). The van der Waals surface area contributed by atoms with Crippen molar-refractivity contribution in [2.75, 3.05) is 20.7 Å². The van der Waals surface area contributed by atoms with E-state index in [0.29, 0.717) is 29.6 Å². The minimum absolute atomic E-state index is 0.186. The third-order valence-electron chi connectivity index (χ3n) is 5.75. The average Bonchev–Trinajstić information content (AvgIpc) is 3.24. The number of esters is 1. The number of benzene rings is 1. The van der Waals surface area contributed by atoms with Crippen molar-refractivity contribution in [3.63, 3.8) is 0 Å². The maximum atomic E-state index is 12.5. The van der Waals surface area contributed by atoms with Crippen LogP contribution in [0.5, 0.6) is 0 Å². The highest BCUT2D eigenvalue weighted by atomic mass is 16.5. The van der Waals surface area contributed by atoms with Gasteiger partial charge in [-0.05, 0) is 67.2 Å². The van der Waals surface area contributed by atoms with E-state index in [4.69, 9.17) is 4.74 Å². The van der Waals surface area contributed by atoms with Crippen LogP contribution in [0.15, 0.2) is 24.3 Å². The molecule has 156 valence electrons. The minimum Gasteiger partial charge on any atom is -0.462 e. The molecule has 1 heterocycles. The topological polar surface area (TPSA) is 102 Å². The molecule has 1 fully saturated rings. The highest BCUT2D eigenvalue weighted by Crippen LogP contribution is 2.43. The number of tetrazole rings is 1. The largest absolute Gasteiger partial charge is 0.462 e. The number of rotatable bonds is 5. The Morgan fingerprint density at radius 1 is 1.34 bits per heavy atom. The fourth-order valence-electron chi connectivity index (χ4n) is 3.94. The van der Waals surface area contributed by atoms with Gasteiger partial charge in [0.25, 0.3) is 0 Å². The Morgan fingerprint density at radius 2 is 2.07 bits per heavy atom. The second kappa shape index (κ2) is 8.59. The summed E-state index contributed by atoms with van der Waals surface area (Å²) in [5.41, 5.74) is 0.450. The van der Waals surface area contributed by atoms with Crippen LogP contribution in [-0.4, -0.2) is 57.8 Å². The predicted molar refractivity (Wildman–Crippen MR) is 107 cm³/mol. The lowest BCUT2D eigenvalue weighted by molar-refractivity contribution is 0.0526. The van der Waals surface area contributed by atoms with E-state index in [0.717, 1.165) is 25.7 Å². The lowest BCUT2D eigenvalue weighted by atomic mass is 9.75. The van der Waals surface area contributed by atoms with Crippen LogP contribution >= 0.6 is 0 Å². The van der Waals surface area contributed by atoms with Crippen LogP contribution in [0.4, 0.5) is 4.79 Å². The molecular weight excluding hydrogens is 372 g/mol. The Hall–Kier alpha value is -2.97. The zero-order valence-corrected chi connectivity index (χ0v) is 17.4. The van der Waals surface area contributed by atoms with Gasteiger partial charge in [0.05, 0.1) is 17.9 Å². The summed E-state index contributed by atoms with van der Waals surface area (Å²) in [6.07, 6.45) is 3.46. The van der Waals surface area contributed by atoms with Gasteiger partial charge >= 0.3 is 12.0 Å². The van der Waals surface area contributed by atoms with Gasteiger partial charge in [0.1, 0.15) is 5.54 Å². The first kappa shape index (κ1) is 20.8. The molecule has 2 aromatic rings. The first-order chi connectivity index (χ1) is 13.9. The molecule has 1 aliphatic rings. The minimum atomic E-state index is -0.629. The van der Waals surface area contributed by atoms with Crippen molar-refractivity contribution in [1.29, 1.82) is 0 Å². The third-order valence-corrected chi connectivity index (χ3v) is 5.75. The van der Waals surface area contributed by atoms with E-state index in [9.17, 15) is 9.59 Å². The van der Waals surface area contributed by atoms with Gasteiger partial charge in [-0.2, -0.15) is 4.68 Å². The Morgan fingerprint density at radius 3 is 2.72 bits per heavy atom. The maximum absolute atomic E-state index is 12.5. The van der Waals surface area contributed by atoms with Crippen molar-refractivity contribution < 1.29 is 14.3 Å². The zero-order valence-electron chi connectivity index (χ0n) is 17.4. The van der Waals surface area contributed by atoms with E-state index >= 15 is 0 Å². The van der Waals surface area contributed by atoms with E-state index in [1.54, 1.807) is 48.8 Å². The van der Waals surface area contributed by atoms with E-state index in [-0.39, 0.29) is 6.03 Å². The quantitative estimate of drug-likeness (QED) is 0.774. The molecule has 9 heteroatoms. The second-order valence-corrected chi connectivity index (χ2v) is 7.51. The highest BCUT2D eigenvalue weighted by molar-refractivity contribution is 5.90. The van der Waals surface area contributed by atoms with Gasteiger partial charge in [0.15, 0.2) is 5.82 Å². The van der Waals surface area contributed by atoms with Crippen LogP contribution in [-0.2, 0) is 10.3 Å². The van der Waals surface area contributed by atoms with E-state index in [2.05, 4.69) is 27.8 Å². The number of nitrogens with one attached hydrogen (secondary N) is 1. The first-order valence-electron chi connectivity index (χ1n) is 9.95. The molecule has 1 saturated carbocycles. The SMILES string of the molecule is CCOC(=O)c1cccc(-n2nnnc2C2(N(C)C(=O)NC)CCC(C)CC2)c1. The van der Waals surface area contributed by atoms with Crippen LogP contribution in [0.2, 0.25) is 0 Å². The van der Waals surface area contributed by atoms with Crippen molar-refractivity contribution >= 4 is 12.0 Å². The van der Waals surface area contributed by atoms with Gasteiger partial charge in [0, 0.05) is 14.1 Å². The molecule has 3 rings (SSSR count). The number of nitrogens with zero attached hydrogens (tertiary/aromatic N) is 5. The fourth-order valence-corrected chi connectivity index (χ4v) is 3.94. The van der Waals surface area contributed by atoms with Crippen molar-refractivity contribution in [3.05, 3.63) is 35.7 Å². The molecule has 0 saturated heterocycles. The number of carbonyl (C=O) groups excluding carboxylic acids is 2. The van der Waals surface area contributed by atoms with E-state index < -0.39 is 11.5 Å². The number of ether oxygens (including phenoxy) is 1. The molecule has 0 aliphatic heterocycles.